The second kappa shape index (κ2) is 9.27. The first-order chi connectivity index (χ1) is 12.1. The Morgan fingerprint density at radius 2 is 1.72 bits per heavy atom. The van der Waals surface area contributed by atoms with Gasteiger partial charge in [-0.15, -0.1) is 0 Å². The fourth-order valence-corrected chi connectivity index (χ4v) is 2.06. The molecule has 0 spiro atoms. The van der Waals surface area contributed by atoms with E-state index < -0.39 is 5.97 Å². The number of para-hydroxylation sites is 2. The number of amides is 1. The van der Waals surface area contributed by atoms with Crippen LogP contribution in [0, 0.1) is 0 Å². The highest BCUT2D eigenvalue weighted by Gasteiger charge is 2.07. The number of nitrogens with one attached hydrogen (secondary N) is 1. The van der Waals surface area contributed by atoms with Crippen molar-refractivity contribution in [2.45, 2.75) is 13.3 Å². The molecule has 0 fully saturated rings. The lowest BCUT2D eigenvalue weighted by atomic mass is 10.1. The molecule has 2 rings (SSSR count). The smallest absolute Gasteiger partial charge is 0.336 e. The van der Waals surface area contributed by atoms with E-state index in [1.807, 2.05) is 13.0 Å². The quantitative estimate of drug-likeness (QED) is 0.477. The third-order valence-electron chi connectivity index (χ3n) is 3.33. The van der Waals surface area contributed by atoms with Crippen LogP contribution in [0.25, 0.3) is 6.08 Å². The zero-order valence-electron chi connectivity index (χ0n) is 14.3. The molecule has 5 nitrogen and oxygen atoms in total. The molecule has 5 heteroatoms. The maximum absolute atomic E-state index is 12.0. The van der Waals surface area contributed by atoms with Crippen LogP contribution < -0.4 is 14.8 Å². The lowest BCUT2D eigenvalue weighted by Gasteiger charge is -2.09. The predicted octanol–water partition coefficient (Wildman–Crippen LogP) is 3.45. The number of carbonyl (C=O) groups is 2. The van der Waals surface area contributed by atoms with Gasteiger partial charge < -0.3 is 14.8 Å². The average molecular weight is 339 g/mol. The van der Waals surface area contributed by atoms with Crippen LogP contribution in [0.4, 0.5) is 0 Å². The molecule has 0 unspecified atom stereocenters. The average Bonchev–Trinajstić information content (AvgIpc) is 2.65. The molecule has 0 aliphatic heterocycles. The molecule has 0 bridgehead atoms. The molecular weight excluding hydrogens is 318 g/mol. The molecule has 0 aromatic heterocycles. The summed E-state index contributed by atoms with van der Waals surface area (Å²) in [6, 6.07) is 14.0. The van der Waals surface area contributed by atoms with Crippen molar-refractivity contribution >= 4 is 18.0 Å². The minimum absolute atomic E-state index is 0.154. The van der Waals surface area contributed by atoms with Gasteiger partial charge in [0.2, 0.25) is 0 Å². The first kappa shape index (κ1) is 18.3. The second-order valence-electron chi connectivity index (χ2n) is 5.25. The van der Waals surface area contributed by atoms with Crippen LogP contribution in [0.1, 0.15) is 29.3 Å². The number of hydrogen-bond donors (Lipinski definition) is 1. The minimum atomic E-state index is -0.497. The topological polar surface area (TPSA) is 64.6 Å². The molecule has 0 aliphatic rings. The van der Waals surface area contributed by atoms with E-state index in [0.717, 1.165) is 12.0 Å². The second-order valence-corrected chi connectivity index (χ2v) is 5.25. The highest BCUT2D eigenvalue weighted by atomic mass is 16.6. The summed E-state index contributed by atoms with van der Waals surface area (Å²) in [6.45, 7) is 2.56. The highest BCUT2D eigenvalue weighted by Crippen LogP contribution is 2.26. The Balaban J connectivity index is 2.00. The molecule has 0 saturated carbocycles. The monoisotopic (exact) mass is 339 g/mol. The molecule has 0 aliphatic carbocycles. The summed E-state index contributed by atoms with van der Waals surface area (Å²) in [5.41, 5.74) is 1.35. The Kier molecular flexibility index (Phi) is 6.77. The summed E-state index contributed by atoms with van der Waals surface area (Å²) in [7, 11) is 1.58. The van der Waals surface area contributed by atoms with Gasteiger partial charge >= 0.3 is 5.97 Å². The van der Waals surface area contributed by atoms with E-state index in [4.69, 9.17) is 9.47 Å². The number of hydrogen-bond acceptors (Lipinski definition) is 4. The SMILES string of the molecule is CCCOc1ccccc1OC(=O)C=Cc1ccc(C(=O)NC)cc1. The van der Waals surface area contributed by atoms with E-state index in [1.54, 1.807) is 55.6 Å². The standard InChI is InChI=1S/C20H21NO4/c1-3-14-24-17-6-4-5-7-18(17)25-19(22)13-10-15-8-11-16(12-9-15)20(23)21-2/h4-13H,3,14H2,1-2H3,(H,21,23). The van der Waals surface area contributed by atoms with Gasteiger partial charge in [-0.3, -0.25) is 4.79 Å². The first-order valence-electron chi connectivity index (χ1n) is 8.08. The van der Waals surface area contributed by atoms with Gasteiger partial charge in [-0.2, -0.15) is 0 Å². The van der Waals surface area contributed by atoms with Crippen LogP contribution >= 0.6 is 0 Å². The highest BCUT2D eigenvalue weighted by molar-refractivity contribution is 5.94. The maximum Gasteiger partial charge on any atom is 0.336 e. The fourth-order valence-electron chi connectivity index (χ4n) is 2.06. The van der Waals surface area contributed by atoms with Gasteiger partial charge in [0.1, 0.15) is 0 Å². The van der Waals surface area contributed by atoms with Crippen molar-refractivity contribution in [2.75, 3.05) is 13.7 Å². The molecule has 0 heterocycles. The fraction of sp³-hybridized carbons (Fsp3) is 0.200. The normalized spacial score (nSPS) is 10.5. The summed E-state index contributed by atoms with van der Waals surface area (Å²) in [5.74, 6) is 0.281. The number of benzene rings is 2. The van der Waals surface area contributed by atoms with Gasteiger partial charge in [0.15, 0.2) is 11.5 Å². The van der Waals surface area contributed by atoms with Crippen LogP contribution in [0.3, 0.4) is 0 Å². The number of carbonyl (C=O) groups excluding carboxylic acids is 2. The van der Waals surface area contributed by atoms with Gasteiger partial charge in [-0.1, -0.05) is 31.2 Å². The molecule has 0 saturated heterocycles. The summed E-state index contributed by atoms with van der Waals surface area (Å²) in [4.78, 5) is 23.5. The van der Waals surface area contributed by atoms with Gasteiger partial charge in [0.05, 0.1) is 6.61 Å². The van der Waals surface area contributed by atoms with Crippen LogP contribution in [-0.4, -0.2) is 25.5 Å². The Hall–Kier alpha value is -3.08. The van der Waals surface area contributed by atoms with Gasteiger partial charge in [0.25, 0.3) is 5.91 Å². The molecule has 0 atom stereocenters. The van der Waals surface area contributed by atoms with E-state index in [1.165, 1.54) is 6.08 Å². The number of esters is 1. The Morgan fingerprint density at radius 1 is 1.04 bits per heavy atom. The minimum Gasteiger partial charge on any atom is -0.490 e. The molecule has 1 amide bonds. The number of ether oxygens (including phenoxy) is 2. The van der Waals surface area contributed by atoms with Gasteiger partial charge in [0, 0.05) is 18.7 Å². The largest absolute Gasteiger partial charge is 0.490 e. The molecule has 2 aromatic rings. The lowest BCUT2D eigenvalue weighted by molar-refractivity contribution is -0.129. The first-order valence-corrected chi connectivity index (χ1v) is 8.08. The van der Waals surface area contributed by atoms with Gasteiger partial charge in [-0.05, 0) is 42.3 Å². The van der Waals surface area contributed by atoms with Crippen LogP contribution in [0.15, 0.2) is 54.6 Å². The molecule has 25 heavy (non-hydrogen) atoms. The molecule has 0 radical (unpaired) electrons. The molecular formula is C20H21NO4. The van der Waals surface area contributed by atoms with Crippen molar-refractivity contribution in [2.24, 2.45) is 0 Å². The Bertz CT molecular complexity index is 751. The van der Waals surface area contributed by atoms with E-state index in [9.17, 15) is 9.59 Å². The van der Waals surface area contributed by atoms with Crippen molar-refractivity contribution < 1.29 is 19.1 Å². The van der Waals surface area contributed by atoms with E-state index in [2.05, 4.69) is 5.32 Å². The summed E-state index contributed by atoms with van der Waals surface area (Å²) in [6.07, 6.45) is 3.84. The van der Waals surface area contributed by atoms with Crippen molar-refractivity contribution in [3.05, 3.63) is 65.7 Å². The van der Waals surface area contributed by atoms with Crippen LogP contribution in [-0.2, 0) is 4.79 Å². The van der Waals surface area contributed by atoms with Crippen molar-refractivity contribution in [3.8, 4) is 11.5 Å². The Labute approximate surface area is 147 Å². The number of rotatable bonds is 7. The molecule has 1 N–H and O–H groups in total. The predicted molar refractivity (Wildman–Crippen MR) is 96.7 cm³/mol. The summed E-state index contributed by atoms with van der Waals surface area (Å²) >= 11 is 0. The lowest BCUT2D eigenvalue weighted by Crippen LogP contribution is -2.17. The van der Waals surface area contributed by atoms with Crippen molar-refractivity contribution in [3.63, 3.8) is 0 Å². The third-order valence-corrected chi connectivity index (χ3v) is 3.33. The molecule has 2 aromatic carbocycles. The van der Waals surface area contributed by atoms with Crippen molar-refractivity contribution in [1.29, 1.82) is 0 Å². The van der Waals surface area contributed by atoms with Crippen molar-refractivity contribution in [1.82, 2.24) is 5.32 Å². The Morgan fingerprint density at radius 3 is 2.36 bits per heavy atom. The van der Waals surface area contributed by atoms with E-state index >= 15 is 0 Å². The van der Waals surface area contributed by atoms with Crippen LogP contribution in [0.5, 0.6) is 11.5 Å². The van der Waals surface area contributed by atoms with E-state index in [-0.39, 0.29) is 5.91 Å². The zero-order valence-corrected chi connectivity index (χ0v) is 14.3. The third kappa shape index (κ3) is 5.49. The maximum atomic E-state index is 12.0. The molecule has 130 valence electrons. The summed E-state index contributed by atoms with van der Waals surface area (Å²) in [5, 5.41) is 2.56. The zero-order chi connectivity index (χ0) is 18.1. The van der Waals surface area contributed by atoms with Gasteiger partial charge in [-0.25, -0.2) is 4.79 Å². The summed E-state index contributed by atoms with van der Waals surface area (Å²) < 4.78 is 10.9. The van der Waals surface area contributed by atoms with E-state index in [0.29, 0.717) is 23.7 Å². The van der Waals surface area contributed by atoms with Crippen LogP contribution in [0.2, 0.25) is 0 Å².